The Hall–Kier alpha value is -2.48. The van der Waals surface area contributed by atoms with Crippen LogP contribution in [0.4, 0.5) is 0 Å². The summed E-state index contributed by atoms with van der Waals surface area (Å²) < 4.78 is 26.2. The van der Waals surface area contributed by atoms with Crippen molar-refractivity contribution in [2.75, 3.05) is 6.26 Å². The Kier molecular flexibility index (Phi) is 6.41. The fraction of sp³-hybridized carbons (Fsp3) is 0.375. The largest absolute Gasteiger partial charge is 0.392 e. The lowest BCUT2D eigenvalue weighted by Crippen LogP contribution is -2.16. The average Bonchev–Trinajstić information content (AvgIpc) is 3.10. The molecule has 0 bridgehead atoms. The summed E-state index contributed by atoms with van der Waals surface area (Å²) in [5, 5.41) is 19.9. The Morgan fingerprint density at radius 3 is 2.19 bits per heavy atom. The van der Waals surface area contributed by atoms with E-state index in [0.29, 0.717) is 17.2 Å². The van der Waals surface area contributed by atoms with Crippen molar-refractivity contribution in [3.8, 4) is 16.8 Å². The van der Waals surface area contributed by atoms with E-state index in [2.05, 4.69) is 18.8 Å². The van der Waals surface area contributed by atoms with E-state index in [9.17, 15) is 18.6 Å². The molecule has 7 heteroatoms. The van der Waals surface area contributed by atoms with E-state index in [1.54, 1.807) is 26.0 Å². The van der Waals surface area contributed by atoms with Gasteiger partial charge in [-0.25, -0.2) is 13.4 Å². The van der Waals surface area contributed by atoms with Crippen LogP contribution in [-0.2, 0) is 28.5 Å². The van der Waals surface area contributed by atoms with Gasteiger partial charge in [0.25, 0.3) is 0 Å². The number of aliphatic hydroxyl groups excluding tert-OH is 1. The van der Waals surface area contributed by atoms with Crippen LogP contribution in [0.1, 0.15) is 44.8 Å². The first-order valence-corrected chi connectivity index (χ1v) is 12.1. The van der Waals surface area contributed by atoms with Crippen LogP contribution in [0.25, 0.3) is 16.8 Å². The summed E-state index contributed by atoms with van der Waals surface area (Å²) in [6, 6.07) is 12.8. The summed E-state index contributed by atoms with van der Waals surface area (Å²) in [7, 11) is -3.45. The van der Waals surface area contributed by atoms with Gasteiger partial charge in [0.2, 0.25) is 0 Å². The van der Waals surface area contributed by atoms with Crippen LogP contribution < -0.4 is 0 Å². The van der Waals surface area contributed by atoms with Crippen LogP contribution in [0, 0.1) is 5.92 Å². The molecular formula is C24H30N2O4S. The summed E-state index contributed by atoms with van der Waals surface area (Å²) in [6.45, 7) is 7.36. The molecular weight excluding hydrogens is 412 g/mol. The third-order valence-corrected chi connectivity index (χ3v) is 6.29. The molecule has 0 radical (unpaired) electrons. The molecule has 2 aromatic carbocycles. The number of aromatic nitrogens is 2. The van der Waals surface area contributed by atoms with Crippen molar-refractivity contribution in [2.24, 2.45) is 5.92 Å². The van der Waals surface area contributed by atoms with Gasteiger partial charge in [0.05, 0.1) is 17.2 Å². The molecule has 0 aliphatic heterocycles. The first kappa shape index (κ1) is 23.2. The molecule has 0 fully saturated rings. The summed E-state index contributed by atoms with van der Waals surface area (Å²) in [6.07, 6.45) is 3.78. The third kappa shape index (κ3) is 5.23. The van der Waals surface area contributed by atoms with Crippen LogP contribution in [0.3, 0.4) is 0 Å². The normalized spacial score (nSPS) is 12.5. The van der Waals surface area contributed by atoms with E-state index in [1.807, 2.05) is 41.1 Å². The maximum Gasteiger partial charge on any atom is 0.175 e. The van der Waals surface area contributed by atoms with Gasteiger partial charge in [-0.2, -0.15) is 0 Å². The van der Waals surface area contributed by atoms with Gasteiger partial charge in [0, 0.05) is 24.6 Å². The van der Waals surface area contributed by atoms with Gasteiger partial charge in [0.1, 0.15) is 11.4 Å². The summed E-state index contributed by atoms with van der Waals surface area (Å²) in [5.74, 6) is 1.29. The minimum atomic E-state index is -3.45. The Balaban J connectivity index is 2.02. The molecule has 0 amide bonds. The molecule has 0 saturated heterocycles. The van der Waals surface area contributed by atoms with Gasteiger partial charge in [-0.3, -0.25) is 0 Å². The van der Waals surface area contributed by atoms with Crippen LogP contribution in [0.15, 0.2) is 53.6 Å². The van der Waals surface area contributed by atoms with Gasteiger partial charge in [-0.15, -0.1) is 0 Å². The van der Waals surface area contributed by atoms with Crippen molar-refractivity contribution < 1.29 is 18.6 Å². The number of sulfone groups is 1. The van der Waals surface area contributed by atoms with E-state index in [0.717, 1.165) is 35.3 Å². The summed E-state index contributed by atoms with van der Waals surface area (Å²) in [4.78, 5) is 4.80. The quantitative estimate of drug-likeness (QED) is 0.580. The number of hydrogen-bond acceptors (Lipinski definition) is 5. The maximum atomic E-state index is 12.1. The number of aliphatic hydroxyl groups is 2. The minimum Gasteiger partial charge on any atom is -0.392 e. The van der Waals surface area contributed by atoms with Crippen LogP contribution in [0.5, 0.6) is 0 Å². The van der Waals surface area contributed by atoms with Crippen LogP contribution in [-0.4, -0.2) is 34.4 Å². The molecule has 0 atom stereocenters. The second-order valence-corrected chi connectivity index (χ2v) is 10.9. The number of benzene rings is 2. The van der Waals surface area contributed by atoms with Crippen molar-refractivity contribution in [3.05, 3.63) is 65.7 Å². The molecule has 1 aromatic heterocycles. The Morgan fingerprint density at radius 1 is 1.06 bits per heavy atom. The zero-order valence-corrected chi connectivity index (χ0v) is 19.4. The van der Waals surface area contributed by atoms with Gasteiger partial charge >= 0.3 is 0 Å². The predicted octanol–water partition coefficient (Wildman–Crippen LogP) is 3.86. The second-order valence-electron chi connectivity index (χ2n) is 8.87. The average molecular weight is 443 g/mol. The molecule has 0 spiro atoms. The summed E-state index contributed by atoms with van der Waals surface area (Å²) >= 11 is 0. The fourth-order valence-corrected chi connectivity index (χ4v) is 4.42. The van der Waals surface area contributed by atoms with Gasteiger partial charge in [-0.1, -0.05) is 38.1 Å². The SMILES string of the molecule is CC(C)Cc1nc(C(C)(C)O)cn1-c1ccc(-c2ccc(CO)c(S(C)(=O)=O)c2)cc1. The molecule has 0 saturated carbocycles. The highest BCUT2D eigenvalue weighted by atomic mass is 32.2. The lowest BCUT2D eigenvalue weighted by Gasteiger charge is -2.13. The molecule has 2 N–H and O–H groups in total. The molecule has 3 rings (SSSR count). The zero-order valence-electron chi connectivity index (χ0n) is 18.6. The second kappa shape index (κ2) is 8.57. The first-order valence-electron chi connectivity index (χ1n) is 10.3. The van der Waals surface area contributed by atoms with Crippen LogP contribution >= 0.6 is 0 Å². The smallest absolute Gasteiger partial charge is 0.175 e. The number of rotatable bonds is 7. The lowest BCUT2D eigenvalue weighted by atomic mass is 10.0. The van der Waals surface area contributed by atoms with Gasteiger partial charge in [0.15, 0.2) is 9.84 Å². The van der Waals surface area contributed by atoms with Crippen LogP contribution in [0.2, 0.25) is 0 Å². The molecule has 3 aromatic rings. The number of imidazole rings is 1. The lowest BCUT2D eigenvalue weighted by molar-refractivity contribution is 0.0741. The topological polar surface area (TPSA) is 92.4 Å². The number of hydrogen-bond donors (Lipinski definition) is 2. The van der Waals surface area contributed by atoms with Gasteiger partial charge in [-0.05, 0) is 54.7 Å². The van der Waals surface area contributed by atoms with Crippen molar-refractivity contribution in [3.63, 3.8) is 0 Å². The van der Waals surface area contributed by atoms with Crippen molar-refractivity contribution in [2.45, 2.75) is 51.2 Å². The zero-order chi connectivity index (χ0) is 23.0. The Labute approximate surface area is 184 Å². The van der Waals surface area contributed by atoms with E-state index < -0.39 is 15.4 Å². The van der Waals surface area contributed by atoms with Gasteiger partial charge < -0.3 is 14.8 Å². The number of nitrogens with zero attached hydrogens (tertiary/aromatic N) is 2. The summed E-state index contributed by atoms with van der Waals surface area (Å²) in [5.41, 5.74) is 2.51. The van der Waals surface area contributed by atoms with Crippen molar-refractivity contribution in [1.82, 2.24) is 9.55 Å². The first-order chi connectivity index (χ1) is 14.4. The fourth-order valence-electron chi connectivity index (χ4n) is 3.47. The minimum absolute atomic E-state index is 0.139. The van der Waals surface area contributed by atoms with E-state index >= 15 is 0 Å². The molecule has 31 heavy (non-hydrogen) atoms. The molecule has 166 valence electrons. The maximum absolute atomic E-state index is 12.1. The van der Waals surface area contributed by atoms with Crippen molar-refractivity contribution in [1.29, 1.82) is 0 Å². The predicted molar refractivity (Wildman–Crippen MR) is 122 cm³/mol. The highest BCUT2D eigenvalue weighted by Gasteiger charge is 2.22. The monoisotopic (exact) mass is 442 g/mol. The third-order valence-electron chi connectivity index (χ3n) is 5.11. The molecule has 0 aliphatic carbocycles. The van der Waals surface area contributed by atoms with E-state index in [4.69, 9.17) is 0 Å². The van der Waals surface area contributed by atoms with E-state index in [1.165, 1.54) is 0 Å². The van der Waals surface area contributed by atoms with E-state index in [-0.39, 0.29) is 11.5 Å². The molecule has 1 heterocycles. The Bertz CT molecular complexity index is 1170. The standard InChI is InChI=1S/C24H30N2O4S/c1-16(2)12-23-25-22(24(3,4)28)14-26(23)20-10-8-17(9-11-20)18-6-7-19(15-27)21(13-18)31(5,29)30/h6-11,13-14,16,27-28H,12,15H2,1-5H3. The van der Waals surface area contributed by atoms with Crippen molar-refractivity contribution >= 4 is 9.84 Å². The molecule has 6 nitrogen and oxygen atoms in total. The molecule has 0 aliphatic rings. The highest BCUT2D eigenvalue weighted by Crippen LogP contribution is 2.28. The highest BCUT2D eigenvalue weighted by molar-refractivity contribution is 7.90. The Morgan fingerprint density at radius 2 is 1.68 bits per heavy atom. The molecule has 0 unspecified atom stereocenters.